The predicted octanol–water partition coefficient (Wildman–Crippen LogP) is 4.47. The van der Waals surface area contributed by atoms with Crippen LogP contribution in [0, 0.1) is 0 Å². The minimum Gasteiger partial charge on any atom is -0.492 e. The molecule has 168 valence electrons. The predicted molar refractivity (Wildman–Crippen MR) is 125 cm³/mol. The Labute approximate surface area is 190 Å². The van der Waals surface area contributed by atoms with Gasteiger partial charge in [-0.05, 0) is 68.1 Å². The minimum absolute atomic E-state index is 0.0679. The molecule has 2 aromatic carbocycles. The van der Waals surface area contributed by atoms with Gasteiger partial charge in [0.2, 0.25) is 5.91 Å². The van der Waals surface area contributed by atoms with E-state index in [0.717, 1.165) is 61.8 Å². The van der Waals surface area contributed by atoms with Gasteiger partial charge >= 0.3 is 0 Å². The summed E-state index contributed by atoms with van der Waals surface area (Å²) >= 11 is 5.90. The maximum atomic E-state index is 12.2. The summed E-state index contributed by atoms with van der Waals surface area (Å²) in [7, 11) is 2.15. The van der Waals surface area contributed by atoms with Crippen LogP contribution in [0.3, 0.4) is 0 Å². The second kappa shape index (κ2) is 12.7. The van der Waals surface area contributed by atoms with E-state index in [4.69, 9.17) is 21.1 Å². The Morgan fingerprint density at radius 3 is 2.71 bits per heavy atom. The van der Waals surface area contributed by atoms with Crippen molar-refractivity contribution in [2.24, 2.45) is 0 Å². The third kappa shape index (κ3) is 8.52. The third-order valence-corrected chi connectivity index (χ3v) is 5.95. The molecule has 0 saturated carbocycles. The fourth-order valence-corrected chi connectivity index (χ4v) is 3.88. The molecule has 1 heterocycles. The molecule has 1 amide bonds. The SMILES string of the molecule is CN(CCOc1cccc(CNC(=O)CCCc2ccc(Cl)cc2)c1)C1CCOCC1. The molecule has 3 rings (SSSR count). The van der Waals surface area contributed by atoms with E-state index in [1.165, 1.54) is 5.56 Å². The molecule has 1 saturated heterocycles. The van der Waals surface area contributed by atoms with E-state index in [-0.39, 0.29) is 5.91 Å². The maximum Gasteiger partial charge on any atom is 0.220 e. The summed E-state index contributed by atoms with van der Waals surface area (Å²) in [6.45, 7) is 3.75. The van der Waals surface area contributed by atoms with Crippen molar-refractivity contribution < 1.29 is 14.3 Å². The van der Waals surface area contributed by atoms with Crippen LogP contribution in [0.2, 0.25) is 5.02 Å². The lowest BCUT2D eigenvalue weighted by Gasteiger charge is -2.31. The van der Waals surface area contributed by atoms with Crippen LogP contribution in [0.4, 0.5) is 0 Å². The monoisotopic (exact) mass is 444 g/mol. The number of nitrogens with one attached hydrogen (secondary N) is 1. The van der Waals surface area contributed by atoms with Crippen LogP contribution in [0.25, 0.3) is 0 Å². The average Bonchev–Trinajstić information content (AvgIpc) is 2.80. The molecule has 0 radical (unpaired) electrons. The molecule has 0 aromatic heterocycles. The van der Waals surface area contributed by atoms with Crippen LogP contribution in [0.1, 0.15) is 36.8 Å². The Bertz CT molecular complexity index is 807. The molecular formula is C25H33ClN2O3. The van der Waals surface area contributed by atoms with Gasteiger partial charge in [-0.3, -0.25) is 9.69 Å². The van der Waals surface area contributed by atoms with Crippen molar-refractivity contribution in [3.63, 3.8) is 0 Å². The van der Waals surface area contributed by atoms with Crippen molar-refractivity contribution in [1.29, 1.82) is 0 Å². The van der Waals surface area contributed by atoms with Crippen LogP contribution < -0.4 is 10.1 Å². The molecule has 2 aromatic rings. The number of likely N-dealkylation sites (N-methyl/N-ethyl adjacent to an activating group) is 1. The highest BCUT2D eigenvalue weighted by molar-refractivity contribution is 6.30. The molecule has 1 fully saturated rings. The molecule has 1 aliphatic heterocycles. The number of nitrogens with zero attached hydrogens (tertiary/aromatic N) is 1. The zero-order valence-electron chi connectivity index (χ0n) is 18.3. The Balaban J connectivity index is 1.33. The number of halogens is 1. The zero-order valence-corrected chi connectivity index (χ0v) is 19.1. The summed E-state index contributed by atoms with van der Waals surface area (Å²) in [6.07, 6.45) is 4.38. The van der Waals surface area contributed by atoms with E-state index in [1.807, 2.05) is 48.5 Å². The number of rotatable bonds is 11. The lowest BCUT2D eigenvalue weighted by Crippen LogP contribution is -2.38. The van der Waals surface area contributed by atoms with Crippen LogP contribution in [-0.2, 0) is 22.5 Å². The summed E-state index contributed by atoms with van der Waals surface area (Å²) in [4.78, 5) is 14.5. The Kier molecular flexibility index (Phi) is 9.66. The van der Waals surface area contributed by atoms with Gasteiger partial charge in [-0.1, -0.05) is 35.9 Å². The fraction of sp³-hybridized carbons (Fsp3) is 0.480. The number of ether oxygens (including phenoxy) is 2. The van der Waals surface area contributed by atoms with Crippen molar-refractivity contribution >= 4 is 17.5 Å². The molecule has 0 unspecified atom stereocenters. The molecule has 0 spiro atoms. The zero-order chi connectivity index (χ0) is 21.9. The molecule has 5 nitrogen and oxygen atoms in total. The van der Waals surface area contributed by atoms with Crippen molar-refractivity contribution in [3.8, 4) is 5.75 Å². The largest absolute Gasteiger partial charge is 0.492 e. The van der Waals surface area contributed by atoms with Crippen molar-refractivity contribution in [2.45, 2.75) is 44.7 Å². The molecule has 0 atom stereocenters. The molecule has 1 N–H and O–H groups in total. The number of carbonyl (C=O) groups excluding carboxylic acids is 1. The lowest BCUT2D eigenvalue weighted by molar-refractivity contribution is -0.121. The Morgan fingerprint density at radius 1 is 1.16 bits per heavy atom. The normalized spacial score (nSPS) is 14.5. The van der Waals surface area contributed by atoms with Crippen molar-refractivity contribution in [2.75, 3.05) is 33.4 Å². The van der Waals surface area contributed by atoms with Gasteiger partial charge in [0.05, 0.1) is 0 Å². The highest BCUT2D eigenvalue weighted by atomic mass is 35.5. The number of benzene rings is 2. The van der Waals surface area contributed by atoms with E-state index in [2.05, 4.69) is 17.3 Å². The van der Waals surface area contributed by atoms with E-state index in [0.29, 0.717) is 25.6 Å². The number of hydrogen-bond donors (Lipinski definition) is 1. The standard InChI is InChI=1S/C25H33ClN2O3/c1-28(23-12-15-30-16-13-23)14-17-31-24-6-2-5-21(18-24)19-27-25(29)7-3-4-20-8-10-22(26)11-9-20/h2,5-6,8-11,18,23H,3-4,7,12-17,19H2,1H3,(H,27,29). The van der Waals surface area contributed by atoms with Crippen LogP contribution in [0.15, 0.2) is 48.5 Å². The topological polar surface area (TPSA) is 50.8 Å². The summed E-state index contributed by atoms with van der Waals surface area (Å²) in [5.41, 5.74) is 2.24. The first-order valence-corrected chi connectivity index (χ1v) is 11.5. The summed E-state index contributed by atoms with van der Waals surface area (Å²) in [5.74, 6) is 0.910. The number of hydrogen-bond acceptors (Lipinski definition) is 4. The van der Waals surface area contributed by atoms with Crippen LogP contribution in [-0.4, -0.2) is 50.3 Å². The molecule has 1 aliphatic rings. The van der Waals surface area contributed by atoms with E-state index in [1.54, 1.807) is 0 Å². The first kappa shape index (κ1) is 23.6. The smallest absolute Gasteiger partial charge is 0.220 e. The Hall–Kier alpha value is -2.08. The summed E-state index contributed by atoms with van der Waals surface area (Å²) in [5, 5.41) is 3.74. The van der Waals surface area contributed by atoms with Crippen molar-refractivity contribution in [3.05, 3.63) is 64.7 Å². The second-order valence-electron chi connectivity index (χ2n) is 8.08. The number of carbonyl (C=O) groups is 1. The quantitative estimate of drug-likeness (QED) is 0.555. The fourth-order valence-electron chi connectivity index (χ4n) is 3.75. The average molecular weight is 445 g/mol. The maximum absolute atomic E-state index is 12.2. The van der Waals surface area contributed by atoms with Gasteiger partial charge in [0, 0.05) is 43.8 Å². The van der Waals surface area contributed by atoms with E-state index >= 15 is 0 Å². The second-order valence-corrected chi connectivity index (χ2v) is 8.51. The number of amides is 1. The van der Waals surface area contributed by atoms with Gasteiger partial charge in [0.15, 0.2) is 0 Å². The molecule has 0 aliphatic carbocycles. The number of aryl methyl sites for hydroxylation is 1. The van der Waals surface area contributed by atoms with Crippen LogP contribution in [0.5, 0.6) is 5.75 Å². The van der Waals surface area contributed by atoms with Crippen molar-refractivity contribution in [1.82, 2.24) is 10.2 Å². The highest BCUT2D eigenvalue weighted by Crippen LogP contribution is 2.16. The molecule has 31 heavy (non-hydrogen) atoms. The van der Waals surface area contributed by atoms with Gasteiger partial charge < -0.3 is 14.8 Å². The molecule has 0 bridgehead atoms. The minimum atomic E-state index is 0.0679. The first-order chi connectivity index (χ1) is 15.1. The molecular weight excluding hydrogens is 412 g/mol. The summed E-state index contributed by atoms with van der Waals surface area (Å²) < 4.78 is 11.4. The third-order valence-electron chi connectivity index (χ3n) is 5.70. The van der Waals surface area contributed by atoms with Gasteiger partial charge in [-0.15, -0.1) is 0 Å². The Morgan fingerprint density at radius 2 is 1.94 bits per heavy atom. The van der Waals surface area contributed by atoms with Gasteiger partial charge in [0.25, 0.3) is 0 Å². The van der Waals surface area contributed by atoms with Gasteiger partial charge in [-0.25, -0.2) is 0 Å². The molecule has 6 heteroatoms. The van der Waals surface area contributed by atoms with Gasteiger partial charge in [-0.2, -0.15) is 0 Å². The first-order valence-electron chi connectivity index (χ1n) is 11.1. The highest BCUT2D eigenvalue weighted by Gasteiger charge is 2.17. The lowest BCUT2D eigenvalue weighted by atomic mass is 10.1. The van der Waals surface area contributed by atoms with E-state index in [9.17, 15) is 4.79 Å². The van der Waals surface area contributed by atoms with Gasteiger partial charge in [0.1, 0.15) is 12.4 Å². The van der Waals surface area contributed by atoms with E-state index < -0.39 is 0 Å². The van der Waals surface area contributed by atoms with Crippen LogP contribution >= 0.6 is 11.6 Å². The summed E-state index contributed by atoms with van der Waals surface area (Å²) in [6, 6.07) is 16.3.